The quantitative estimate of drug-likeness (QED) is 0.860. The Balaban J connectivity index is 1.53. The molecule has 2 aliphatic rings. The van der Waals surface area contributed by atoms with E-state index < -0.39 is 5.54 Å². The maximum Gasteiger partial charge on any atom is 0.228 e. The van der Waals surface area contributed by atoms with Crippen molar-refractivity contribution in [2.24, 2.45) is 0 Å². The van der Waals surface area contributed by atoms with Crippen molar-refractivity contribution in [1.82, 2.24) is 30.1 Å². The number of nitrogens with one attached hydrogen (secondary N) is 1. The van der Waals surface area contributed by atoms with Crippen LogP contribution < -0.4 is 0 Å². The number of H-pyrrole nitrogens is 1. The fourth-order valence-electron chi connectivity index (χ4n) is 4.33. The first kappa shape index (κ1) is 17.7. The molecule has 144 valence electrons. The summed E-state index contributed by atoms with van der Waals surface area (Å²) in [6, 6.07) is 0. The van der Waals surface area contributed by atoms with Crippen LogP contribution in [0.3, 0.4) is 0 Å². The summed E-state index contributed by atoms with van der Waals surface area (Å²) in [5, 5.41) is 7.53. The predicted octanol–water partition coefficient (Wildman–Crippen LogP) is 0.956. The molecule has 9 nitrogen and oxygen atoms in total. The zero-order valence-electron chi connectivity index (χ0n) is 15.7. The first-order chi connectivity index (χ1) is 13.0. The van der Waals surface area contributed by atoms with Crippen LogP contribution in [0.25, 0.3) is 0 Å². The van der Waals surface area contributed by atoms with Crippen molar-refractivity contribution in [2.75, 3.05) is 19.6 Å². The fourth-order valence-corrected chi connectivity index (χ4v) is 4.33. The third-order valence-corrected chi connectivity index (χ3v) is 5.87. The SMILES string of the molecule is CCC(=O)N1CCc2[nH]cnc2C12CCN(C(=O)Cc1nonc1C)CC2. The van der Waals surface area contributed by atoms with Gasteiger partial charge in [0.05, 0.1) is 24.0 Å². The van der Waals surface area contributed by atoms with Gasteiger partial charge in [-0.25, -0.2) is 9.61 Å². The Bertz CT molecular complexity index is 849. The number of amides is 2. The van der Waals surface area contributed by atoms with E-state index in [4.69, 9.17) is 0 Å². The number of aromatic nitrogens is 4. The van der Waals surface area contributed by atoms with E-state index in [1.807, 2.05) is 16.7 Å². The molecule has 0 unspecified atom stereocenters. The van der Waals surface area contributed by atoms with Crippen LogP contribution in [0.2, 0.25) is 0 Å². The van der Waals surface area contributed by atoms with Crippen LogP contribution in [0.5, 0.6) is 0 Å². The summed E-state index contributed by atoms with van der Waals surface area (Å²) >= 11 is 0. The number of likely N-dealkylation sites (tertiary alicyclic amines) is 1. The minimum atomic E-state index is -0.414. The average molecular weight is 372 g/mol. The molecule has 9 heteroatoms. The number of hydrogen-bond acceptors (Lipinski definition) is 6. The highest BCUT2D eigenvalue weighted by Crippen LogP contribution is 2.42. The van der Waals surface area contributed by atoms with E-state index in [1.165, 1.54) is 0 Å². The summed E-state index contributed by atoms with van der Waals surface area (Å²) in [5.41, 5.74) is 2.89. The van der Waals surface area contributed by atoms with Crippen molar-refractivity contribution in [1.29, 1.82) is 0 Å². The minimum Gasteiger partial charge on any atom is -0.348 e. The molecule has 4 rings (SSSR count). The first-order valence-corrected chi connectivity index (χ1v) is 9.44. The summed E-state index contributed by atoms with van der Waals surface area (Å²) in [7, 11) is 0. The Morgan fingerprint density at radius 2 is 2.00 bits per heavy atom. The Morgan fingerprint density at radius 1 is 1.22 bits per heavy atom. The summed E-state index contributed by atoms with van der Waals surface area (Å²) in [5.74, 6) is 0.155. The lowest BCUT2D eigenvalue weighted by atomic mass is 9.78. The number of aryl methyl sites for hydroxylation is 1. The van der Waals surface area contributed by atoms with Crippen LogP contribution in [0.4, 0.5) is 0 Å². The van der Waals surface area contributed by atoms with Gasteiger partial charge in [-0.1, -0.05) is 17.2 Å². The number of fused-ring (bicyclic) bond motifs is 2. The smallest absolute Gasteiger partial charge is 0.228 e. The van der Waals surface area contributed by atoms with E-state index in [0.29, 0.717) is 50.3 Å². The summed E-state index contributed by atoms with van der Waals surface area (Å²) in [6.07, 6.45) is 4.56. The van der Waals surface area contributed by atoms with Gasteiger partial charge in [-0.3, -0.25) is 9.59 Å². The second-order valence-electron chi connectivity index (χ2n) is 7.26. The van der Waals surface area contributed by atoms with Crippen LogP contribution in [0, 0.1) is 6.92 Å². The van der Waals surface area contributed by atoms with Crippen LogP contribution in [0.1, 0.15) is 49.0 Å². The van der Waals surface area contributed by atoms with Crippen LogP contribution in [-0.4, -0.2) is 61.5 Å². The second-order valence-corrected chi connectivity index (χ2v) is 7.26. The highest BCUT2D eigenvalue weighted by atomic mass is 16.6. The lowest BCUT2D eigenvalue weighted by molar-refractivity contribution is -0.144. The molecule has 0 aliphatic carbocycles. The zero-order valence-corrected chi connectivity index (χ0v) is 15.7. The molecule has 2 aliphatic heterocycles. The minimum absolute atomic E-state index is 0.00933. The van der Waals surface area contributed by atoms with E-state index in [2.05, 4.69) is 24.9 Å². The Labute approximate surface area is 157 Å². The van der Waals surface area contributed by atoms with Gasteiger partial charge in [-0.2, -0.15) is 0 Å². The topological polar surface area (TPSA) is 108 Å². The van der Waals surface area contributed by atoms with Crippen molar-refractivity contribution in [2.45, 2.75) is 51.5 Å². The maximum absolute atomic E-state index is 12.7. The van der Waals surface area contributed by atoms with Crippen LogP contribution in [-0.2, 0) is 28.0 Å². The van der Waals surface area contributed by atoms with Crippen molar-refractivity contribution < 1.29 is 14.2 Å². The lowest BCUT2D eigenvalue weighted by Gasteiger charge is -2.50. The number of hydrogen-bond donors (Lipinski definition) is 1. The van der Waals surface area contributed by atoms with Gasteiger partial charge in [-0.15, -0.1) is 0 Å². The first-order valence-electron chi connectivity index (χ1n) is 9.44. The zero-order chi connectivity index (χ0) is 19.0. The molecule has 4 heterocycles. The molecular formula is C18H24N6O3. The van der Waals surface area contributed by atoms with Gasteiger partial charge >= 0.3 is 0 Å². The number of imidazole rings is 1. The molecule has 1 spiro atoms. The number of carbonyl (C=O) groups excluding carboxylic acids is 2. The molecule has 1 saturated heterocycles. The molecule has 1 N–H and O–H groups in total. The molecule has 2 amide bonds. The van der Waals surface area contributed by atoms with Gasteiger partial charge in [-0.05, 0) is 19.8 Å². The largest absolute Gasteiger partial charge is 0.348 e. The standard InChI is InChI=1S/C18H24N6O3/c1-3-15(25)24-7-4-13-17(20-11-19-13)18(24)5-8-23(9-6-18)16(26)10-14-12(2)21-27-22-14/h11H,3-10H2,1-2H3,(H,19,20). The molecule has 0 atom stereocenters. The Morgan fingerprint density at radius 3 is 2.67 bits per heavy atom. The van der Waals surface area contributed by atoms with Crippen molar-refractivity contribution in [3.63, 3.8) is 0 Å². The van der Waals surface area contributed by atoms with Gasteiger partial charge in [0.15, 0.2) is 0 Å². The Kier molecular flexibility index (Phi) is 4.45. The van der Waals surface area contributed by atoms with Gasteiger partial charge in [0.25, 0.3) is 0 Å². The fraction of sp³-hybridized carbons (Fsp3) is 0.611. The average Bonchev–Trinajstić information content (AvgIpc) is 3.32. The van der Waals surface area contributed by atoms with E-state index in [-0.39, 0.29) is 18.2 Å². The van der Waals surface area contributed by atoms with Crippen LogP contribution in [0.15, 0.2) is 11.0 Å². The van der Waals surface area contributed by atoms with E-state index in [0.717, 1.165) is 17.8 Å². The summed E-state index contributed by atoms with van der Waals surface area (Å²) in [6.45, 7) is 5.54. The molecule has 0 saturated carbocycles. The summed E-state index contributed by atoms with van der Waals surface area (Å²) < 4.78 is 4.68. The number of carbonyl (C=O) groups is 2. The van der Waals surface area contributed by atoms with Gasteiger partial charge < -0.3 is 14.8 Å². The number of piperidine rings is 1. The summed E-state index contributed by atoms with van der Waals surface area (Å²) in [4.78, 5) is 36.9. The third-order valence-electron chi connectivity index (χ3n) is 5.87. The highest BCUT2D eigenvalue weighted by molar-refractivity contribution is 5.79. The number of nitrogens with zero attached hydrogens (tertiary/aromatic N) is 5. The van der Waals surface area contributed by atoms with Gasteiger partial charge in [0.2, 0.25) is 11.8 Å². The molecule has 0 bridgehead atoms. The number of aromatic amines is 1. The van der Waals surface area contributed by atoms with E-state index in [9.17, 15) is 9.59 Å². The second kappa shape index (κ2) is 6.79. The molecule has 0 aromatic carbocycles. The molecule has 0 radical (unpaired) electrons. The van der Waals surface area contributed by atoms with Gasteiger partial charge in [0.1, 0.15) is 11.4 Å². The molecule has 2 aromatic heterocycles. The maximum atomic E-state index is 12.7. The molecule has 2 aromatic rings. The van der Waals surface area contributed by atoms with Crippen molar-refractivity contribution in [3.05, 3.63) is 29.1 Å². The van der Waals surface area contributed by atoms with Crippen molar-refractivity contribution >= 4 is 11.8 Å². The molecule has 1 fully saturated rings. The number of rotatable bonds is 3. The molecular weight excluding hydrogens is 348 g/mol. The van der Waals surface area contributed by atoms with Gasteiger partial charge in [0, 0.05) is 38.2 Å². The van der Waals surface area contributed by atoms with Crippen molar-refractivity contribution in [3.8, 4) is 0 Å². The monoisotopic (exact) mass is 372 g/mol. The third kappa shape index (κ3) is 2.90. The Hall–Kier alpha value is -2.71. The lowest BCUT2D eigenvalue weighted by Crippen LogP contribution is -2.59. The van der Waals surface area contributed by atoms with E-state index in [1.54, 1.807) is 13.3 Å². The predicted molar refractivity (Wildman–Crippen MR) is 94.5 cm³/mol. The van der Waals surface area contributed by atoms with Crippen LogP contribution >= 0.6 is 0 Å². The highest BCUT2D eigenvalue weighted by Gasteiger charge is 2.48. The van der Waals surface area contributed by atoms with E-state index >= 15 is 0 Å². The molecule has 27 heavy (non-hydrogen) atoms. The normalized spacial score (nSPS) is 18.6.